The minimum absolute atomic E-state index is 0.0376. The summed E-state index contributed by atoms with van der Waals surface area (Å²) in [5.41, 5.74) is 0. The van der Waals surface area contributed by atoms with E-state index in [1.54, 1.807) is 0 Å². The summed E-state index contributed by atoms with van der Waals surface area (Å²) in [5.74, 6) is 0.319. The molecule has 1 amide bonds. The van der Waals surface area contributed by atoms with Crippen LogP contribution in [0.3, 0.4) is 0 Å². The van der Waals surface area contributed by atoms with E-state index in [0.717, 1.165) is 32.6 Å². The number of carbonyl (C=O) groups is 1. The Kier molecular flexibility index (Phi) is 4.62. The van der Waals surface area contributed by atoms with E-state index >= 15 is 0 Å². The molecule has 0 spiro atoms. The first-order valence-electron chi connectivity index (χ1n) is 7.38. The van der Waals surface area contributed by atoms with Gasteiger partial charge in [0.2, 0.25) is 5.91 Å². The Morgan fingerprint density at radius 2 is 1.83 bits per heavy atom. The van der Waals surface area contributed by atoms with Gasteiger partial charge >= 0.3 is 0 Å². The van der Waals surface area contributed by atoms with Gasteiger partial charge in [-0.2, -0.15) is 0 Å². The molecule has 1 N–H and O–H groups in total. The molecule has 2 rings (SSSR count). The van der Waals surface area contributed by atoms with Gasteiger partial charge in [0.1, 0.15) is 0 Å². The van der Waals surface area contributed by atoms with Gasteiger partial charge in [-0.15, -0.1) is 0 Å². The molecule has 0 aliphatic carbocycles. The Hall–Kier alpha value is -0.610. The minimum Gasteiger partial charge on any atom is -0.340 e. The van der Waals surface area contributed by atoms with Crippen LogP contribution in [-0.2, 0) is 4.79 Å². The lowest BCUT2D eigenvalue weighted by Crippen LogP contribution is -2.51. The number of nitrogens with one attached hydrogen (secondary N) is 1. The van der Waals surface area contributed by atoms with Crippen molar-refractivity contribution in [3.63, 3.8) is 0 Å². The third-order valence-corrected chi connectivity index (χ3v) is 4.48. The first-order chi connectivity index (χ1) is 8.61. The molecule has 0 bridgehead atoms. The van der Waals surface area contributed by atoms with Crippen molar-refractivity contribution in [3.8, 4) is 0 Å². The van der Waals surface area contributed by atoms with Crippen LogP contribution in [0.15, 0.2) is 0 Å². The van der Waals surface area contributed by atoms with Crippen LogP contribution in [0, 0.1) is 0 Å². The second-order valence-electron chi connectivity index (χ2n) is 5.83. The summed E-state index contributed by atoms with van der Waals surface area (Å²) in [6.45, 7) is 10.3. The maximum absolute atomic E-state index is 12.6. The maximum atomic E-state index is 12.6. The molecule has 2 fully saturated rings. The summed E-state index contributed by atoms with van der Waals surface area (Å²) in [6, 6.07) is 1.13. The molecule has 0 aromatic heterocycles. The van der Waals surface area contributed by atoms with Crippen molar-refractivity contribution in [2.45, 2.75) is 58.2 Å². The number of amides is 1. The van der Waals surface area contributed by atoms with Gasteiger partial charge in [-0.25, -0.2) is 0 Å². The summed E-state index contributed by atoms with van der Waals surface area (Å²) in [7, 11) is 0. The molecule has 0 radical (unpaired) electrons. The van der Waals surface area contributed by atoms with Crippen molar-refractivity contribution in [2.24, 2.45) is 0 Å². The summed E-state index contributed by atoms with van der Waals surface area (Å²) >= 11 is 0. The van der Waals surface area contributed by atoms with Gasteiger partial charge in [-0.3, -0.25) is 9.69 Å². The first kappa shape index (κ1) is 13.8. The fraction of sp³-hybridized carbons (Fsp3) is 0.929. The normalized spacial score (nSPS) is 32.3. The molecule has 0 aromatic carbocycles. The number of nitrogens with zero attached hydrogens (tertiary/aromatic N) is 2. The maximum Gasteiger partial charge on any atom is 0.239 e. The highest BCUT2D eigenvalue weighted by Crippen LogP contribution is 2.26. The van der Waals surface area contributed by atoms with Crippen LogP contribution in [0.1, 0.15) is 40.0 Å². The van der Waals surface area contributed by atoms with E-state index in [9.17, 15) is 4.79 Å². The number of hydrogen-bond acceptors (Lipinski definition) is 3. The second-order valence-corrected chi connectivity index (χ2v) is 5.83. The van der Waals surface area contributed by atoms with Crippen molar-refractivity contribution in [3.05, 3.63) is 0 Å². The molecule has 18 heavy (non-hydrogen) atoms. The molecule has 4 nitrogen and oxygen atoms in total. The first-order valence-corrected chi connectivity index (χ1v) is 7.38. The highest BCUT2D eigenvalue weighted by molar-refractivity contribution is 5.81. The topological polar surface area (TPSA) is 35.6 Å². The van der Waals surface area contributed by atoms with Crippen LogP contribution in [0.25, 0.3) is 0 Å². The Labute approximate surface area is 111 Å². The van der Waals surface area contributed by atoms with E-state index < -0.39 is 0 Å². The Morgan fingerprint density at radius 1 is 1.17 bits per heavy atom. The van der Waals surface area contributed by atoms with Gasteiger partial charge in [0.25, 0.3) is 0 Å². The average molecular weight is 253 g/mol. The lowest BCUT2D eigenvalue weighted by molar-refractivity contribution is -0.137. The van der Waals surface area contributed by atoms with E-state index in [4.69, 9.17) is 0 Å². The lowest BCUT2D eigenvalue weighted by atomic mass is 10.2. The van der Waals surface area contributed by atoms with Gasteiger partial charge in [0, 0.05) is 31.7 Å². The summed E-state index contributed by atoms with van der Waals surface area (Å²) in [6.07, 6.45) is 3.52. The van der Waals surface area contributed by atoms with Crippen molar-refractivity contribution < 1.29 is 4.79 Å². The van der Waals surface area contributed by atoms with E-state index in [1.165, 1.54) is 12.8 Å². The third kappa shape index (κ3) is 2.86. The summed E-state index contributed by atoms with van der Waals surface area (Å²) in [5, 5.41) is 3.35. The number of hydrogen-bond donors (Lipinski definition) is 1. The highest BCUT2D eigenvalue weighted by atomic mass is 16.2. The number of likely N-dealkylation sites (tertiary alicyclic amines) is 1. The third-order valence-electron chi connectivity index (χ3n) is 4.48. The van der Waals surface area contributed by atoms with Crippen molar-refractivity contribution >= 4 is 5.91 Å². The van der Waals surface area contributed by atoms with Crippen molar-refractivity contribution in [1.29, 1.82) is 0 Å². The predicted molar refractivity (Wildman–Crippen MR) is 73.5 cm³/mol. The molecule has 2 aliphatic heterocycles. The van der Waals surface area contributed by atoms with Crippen molar-refractivity contribution in [2.75, 3.05) is 26.2 Å². The molecular formula is C14H27N3O. The SMILES string of the molecule is CC1CCC(C)N1C(C)C(=O)N1CCCNCC1. The molecule has 2 heterocycles. The average Bonchev–Trinajstić information content (AvgIpc) is 2.61. The van der Waals surface area contributed by atoms with Crippen molar-refractivity contribution in [1.82, 2.24) is 15.1 Å². The van der Waals surface area contributed by atoms with Crippen LogP contribution in [-0.4, -0.2) is 60.0 Å². The van der Waals surface area contributed by atoms with Crippen LogP contribution in [0.2, 0.25) is 0 Å². The lowest BCUT2D eigenvalue weighted by Gasteiger charge is -2.34. The number of rotatable bonds is 2. The molecular weight excluding hydrogens is 226 g/mol. The molecule has 0 aromatic rings. The van der Waals surface area contributed by atoms with Crippen LogP contribution in [0.5, 0.6) is 0 Å². The zero-order valence-electron chi connectivity index (χ0n) is 12.0. The molecule has 2 saturated heterocycles. The highest BCUT2D eigenvalue weighted by Gasteiger charge is 2.35. The fourth-order valence-corrected chi connectivity index (χ4v) is 3.44. The van der Waals surface area contributed by atoms with Crippen LogP contribution >= 0.6 is 0 Å². The zero-order chi connectivity index (χ0) is 13.1. The van der Waals surface area contributed by atoms with Gasteiger partial charge < -0.3 is 10.2 Å². The standard InChI is InChI=1S/C14H27N3O/c1-11-5-6-12(2)17(11)13(3)14(18)16-9-4-7-15-8-10-16/h11-13,15H,4-10H2,1-3H3. The van der Waals surface area contributed by atoms with Gasteiger partial charge in [0.05, 0.1) is 6.04 Å². The quantitative estimate of drug-likeness (QED) is 0.799. The molecule has 4 heteroatoms. The largest absolute Gasteiger partial charge is 0.340 e. The van der Waals surface area contributed by atoms with E-state index in [0.29, 0.717) is 18.0 Å². The van der Waals surface area contributed by atoms with Gasteiger partial charge in [-0.1, -0.05) is 0 Å². The zero-order valence-corrected chi connectivity index (χ0v) is 12.0. The smallest absolute Gasteiger partial charge is 0.239 e. The minimum atomic E-state index is 0.0376. The number of carbonyl (C=O) groups excluding carboxylic acids is 1. The predicted octanol–water partition coefficient (Wildman–Crippen LogP) is 1.07. The summed E-state index contributed by atoms with van der Waals surface area (Å²) in [4.78, 5) is 17.0. The summed E-state index contributed by atoms with van der Waals surface area (Å²) < 4.78 is 0. The van der Waals surface area contributed by atoms with E-state index in [-0.39, 0.29) is 6.04 Å². The van der Waals surface area contributed by atoms with Crippen LogP contribution in [0.4, 0.5) is 0 Å². The molecule has 2 aliphatic rings. The Bertz CT molecular complexity index is 277. The van der Waals surface area contributed by atoms with E-state index in [1.807, 2.05) is 4.90 Å². The van der Waals surface area contributed by atoms with Gasteiger partial charge in [0.15, 0.2) is 0 Å². The second kappa shape index (κ2) is 6.02. The Morgan fingerprint density at radius 3 is 2.50 bits per heavy atom. The van der Waals surface area contributed by atoms with Crippen LogP contribution < -0.4 is 5.32 Å². The monoisotopic (exact) mass is 253 g/mol. The molecule has 3 atom stereocenters. The molecule has 0 saturated carbocycles. The molecule has 3 unspecified atom stereocenters. The van der Waals surface area contributed by atoms with Gasteiger partial charge in [-0.05, 0) is 46.6 Å². The Balaban J connectivity index is 1.98. The molecule has 104 valence electrons. The fourth-order valence-electron chi connectivity index (χ4n) is 3.44. The van der Waals surface area contributed by atoms with E-state index in [2.05, 4.69) is 31.0 Å².